The molecule has 2 rings (SSSR count). The molecule has 0 atom stereocenters. The molecule has 0 aliphatic heterocycles. The molecule has 0 amide bonds. The summed E-state index contributed by atoms with van der Waals surface area (Å²) in [6.45, 7) is 0. The molecular formula is C10H13N5O2S. The Balaban J connectivity index is 2.36. The molecule has 0 fully saturated rings. The van der Waals surface area contributed by atoms with Gasteiger partial charge in [-0.2, -0.15) is 13.5 Å². The molecule has 18 heavy (non-hydrogen) atoms. The van der Waals surface area contributed by atoms with Gasteiger partial charge in [0.15, 0.2) is 10.8 Å². The third-order valence-corrected chi connectivity index (χ3v) is 3.56. The Bertz CT molecular complexity index is 650. The summed E-state index contributed by atoms with van der Waals surface area (Å²) in [6.07, 6.45) is 3.07. The lowest BCUT2D eigenvalue weighted by Gasteiger charge is -2.08. The highest BCUT2D eigenvalue weighted by atomic mass is 32.2. The van der Waals surface area contributed by atoms with Crippen LogP contribution in [0.4, 0.5) is 11.5 Å². The molecule has 0 spiro atoms. The van der Waals surface area contributed by atoms with Crippen molar-refractivity contribution in [2.75, 3.05) is 17.1 Å². The average Bonchev–Trinajstić information content (AvgIpc) is 2.74. The van der Waals surface area contributed by atoms with Gasteiger partial charge in [0.2, 0.25) is 0 Å². The Hall–Kier alpha value is -2.09. The Morgan fingerprint density at radius 2 is 2.11 bits per heavy atom. The van der Waals surface area contributed by atoms with Crippen LogP contribution in [0, 0.1) is 0 Å². The summed E-state index contributed by atoms with van der Waals surface area (Å²) in [7, 11) is -0.401. The molecule has 2 aromatic rings. The molecule has 0 aromatic carbocycles. The number of rotatable bonds is 4. The molecule has 0 unspecified atom stereocenters. The maximum absolute atomic E-state index is 12.1. The van der Waals surface area contributed by atoms with Crippen LogP contribution in [0.1, 0.15) is 0 Å². The van der Waals surface area contributed by atoms with Crippen molar-refractivity contribution >= 4 is 21.5 Å². The molecule has 2 heterocycles. The minimum atomic E-state index is -3.74. The second-order valence-electron chi connectivity index (χ2n) is 3.59. The van der Waals surface area contributed by atoms with Gasteiger partial charge in [0.25, 0.3) is 10.0 Å². The van der Waals surface area contributed by atoms with Crippen molar-refractivity contribution in [2.45, 2.75) is 5.03 Å². The van der Waals surface area contributed by atoms with E-state index < -0.39 is 10.0 Å². The lowest BCUT2D eigenvalue weighted by atomic mass is 10.4. The number of sulfonamides is 1. The van der Waals surface area contributed by atoms with Gasteiger partial charge in [-0.3, -0.25) is 9.40 Å². The maximum atomic E-state index is 12.1. The minimum absolute atomic E-state index is 0.0573. The second kappa shape index (κ2) is 4.65. The molecular weight excluding hydrogens is 254 g/mol. The SMILES string of the molecule is CNc1cccnc1S(=O)(=O)Nc1ccn(C)n1. The van der Waals surface area contributed by atoms with Crippen LogP contribution < -0.4 is 10.0 Å². The summed E-state index contributed by atoms with van der Waals surface area (Å²) < 4.78 is 28.1. The van der Waals surface area contributed by atoms with Gasteiger partial charge in [-0.05, 0) is 12.1 Å². The fraction of sp³-hybridized carbons (Fsp3) is 0.200. The molecule has 0 radical (unpaired) electrons. The van der Waals surface area contributed by atoms with Crippen LogP contribution in [-0.4, -0.2) is 30.2 Å². The monoisotopic (exact) mass is 267 g/mol. The van der Waals surface area contributed by atoms with Crippen LogP contribution >= 0.6 is 0 Å². The van der Waals surface area contributed by atoms with Gasteiger partial charge in [-0.25, -0.2) is 4.98 Å². The molecule has 0 saturated heterocycles. The lowest BCUT2D eigenvalue weighted by molar-refractivity contribution is 0.597. The van der Waals surface area contributed by atoms with E-state index in [9.17, 15) is 8.42 Å². The minimum Gasteiger partial charge on any atom is -0.386 e. The number of aromatic nitrogens is 3. The van der Waals surface area contributed by atoms with Crippen molar-refractivity contribution in [3.05, 3.63) is 30.6 Å². The summed E-state index contributed by atoms with van der Waals surface area (Å²) in [6, 6.07) is 4.87. The number of aryl methyl sites for hydroxylation is 1. The van der Waals surface area contributed by atoms with E-state index in [0.29, 0.717) is 5.69 Å². The average molecular weight is 267 g/mol. The van der Waals surface area contributed by atoms with E-state index in [2.05, 4.69) is 20.1 Å². The van der Waals surface area contributed by atoms with Crippen molar-refractivity contribution in [3.8, 4) is 0 Å². The Kier molecular flexibility index (Phi) is 3.19. The Morgan fingerprint density at radius 3 is 2.72 bits per heavy atom. The zero-order valence-corrected chi connectivity index (χ0v) is 10.8. The second-order valence-corrected chi connectivity index (χ2v) is 5.18. The molecule has 0 aliphatic carbocycles. The van der Waals surface area contributed by atoms with Crippen molar-refractivity contribution in [2.24, 2.45) is 7.05 Å². The Labute approximate surface area is 105 Å². The van der Waals surface area contributed by atoms with Crippen LogP contribution in [0.25, 0.3) is 0 Å². The van der Waals surface area contributed by atoms with Gasteiger partial charge >= 0.3 is 0 Å². The van der Waals surface area contributed by atoms with E-state index >= 15 is 0 Å². The molecule has 0 aliphatic rings. The molecule has 2 N–H and O–H groups in total. The first kappa shape index (κ1) is 12.4. The standard InChI is InChI=1S/C10H13N5O2S/c1-11-8-4-3-6-12-10(8)18(16,17)14-9-5-7-15(2)13-9/h3-7,11H,1-2H3,(H,13,14). The molecule has 0 saturated carbocycles. The summed E-state index contributed by atoms with van der Waals surface area (Å²) in [5.41, 5.74) is 0.431. The van der Waals surface area contributed by atoms with Crippen molar-refractivity contribution in [3.63, 3.8) is 0 Å². The van der Waals surface area contributed by atoms with Crippen molar-refractivity contribution < 1.29 is 8.42 Å². The van der Waals surface area contributed by atoms with E-state index in [1.54, 1.807) is 38.5 Å². The van der Waals surface area contributed by atoms with Crippen LogP contribution in [0.3, 0.4) is 0 Å². The molecule has 96 valence electrons. The van der Waals surface area contributed by atoms with E-state index in [1.165, 1.54) is 10.9 Å². The summed E-state index contributed by atoms with van der Waals surface area (Å²) >= 11 is 0. The maximum Gasteiger partial charge on any atom is 0.282 e. The van der Waals surface area contributed by atoms with E-state index in [4.69, 9.17) is 0 Å². The first-order valence-electron chi connectivity index (χ1n) is 5.18. The van der Waals surface area contributed by atoms with Crippen molar-refractivity contribution in [1.82, 2.24) is 14.8 Å². The first-order valence-corrected chi connectivity index (χ1v) is 6.66. The summed E-state index contributed by atoms with van der Waals surface area (Å²) in [5.74, 6) is 0.255. The van der Waals surface area contributed by atoms with E-state index in [0.717, 1.165) is 0 Å². The van der Waals surface area contributed by atoms with Crippen LogP contribution in [0.15, 0.2) is 35.6 Å². The van der Waals surface area contributed by atoms with Gasteiger partial charge in [0, 0.05) is 32.6 Å². The normalized spacial score (nSPS) is 11.2. The highest BCUT2D eigenvalue weighted by molar-refractivity contribution is 7.92. The quantitative estimate of drug-likeness (QED) is 0.849. The van der Waals surface area contributed by atoms with Crippen LogP contribution in [-0.2, 0) is 17.1 Å². The van der Waals surface area contributed by atoms with Gasteiger partial charge in [-0.15, -0.1) is 0 Å². The predicted octanol–water partition coefficient (Wildman–Crippen LogP) is 0.658. The zero-order valence-electron chi connectivity index (χ0n) is 9.95. The number of hydrogen-bond donors (Lipinski definition) is 2. The molecule has 0 bridgehead atoms. The van der Waals surface area contributed by atoms with Crippen LogP contribution in [0.2, 0.25) is 0 Å². The Morgan fingerprint density at radius 1 is 1.33 bits per heavy atom. The van der Waals surface area contributed by atoms with Gasteiger partial charge in [0.1, 0.15) is 0 Å². The van der Waals surface area contributed by atoms with Gasteiger partial charge in [-0.1, -0.05) is 0 Å². The third-order valence-electron chi connectivity index (χ3n) is 2.25. The predicted molar refractivity (Wildman–Crippen MR) is 67.8 cm³/mol. The first-order chi connectivity index (χ1) is 8.53. The third kappa shape index (κ3) is 2.43. The lowest BCUT2D eigenvalue weighted by Crippen LogP contribution is -2.16. The number of hydrogen-bond acceptors (Lipinski definition) is 5. The fourth-order valence-electron chi connectivity index (χ4n) is 1.45. The summed E-state index contributed by atoms with van der Waals surface area (Å²) in [5, 5.41) is 6.68. The van der Waals surface area contributed by atoms with Gasteiger partial charge < -0.3 is 5.32 Å². The number of pyridine rings is 1. The largest absolute Gasteiger partial charge is 0.386 e. The van der Waals surface area contributed by atoms with Crippen LogP contribution in [0.5, 0.6) is 0 Å². The number of nitrogens with zero attached hydrogens (tertiary/aromatic N) is 3. The van der Waals surface area contributed by atoms with E-state index in [1.807, 2.05) is 0 Å². The highest BCUT2D eigenvalue weighted by Gasteiger charge is 2.20. The highest BCUT2D eigenvalue weighted by Crippen LogP contribution is 2.19. The number of nitrogens with one attached hydrogen (secondary N) is 2. The molecule has 7 nitrogen and oxygen atoms in total. The number of anilines is 2. The van der Waals surface area contributed by atoms with Crippen molar-refractivity contribution in [1.29, 1.82) is 0 Å². The zero-order chi connectivity index (χ0) is 13.2. The van der Waals surface area contributed by atoms with E-state index in [-0.39, 0.29) is 10.8 Å². The van der Waals surface area contributed by atoms with Gasteiger partial charge in [0.05, 0.1) is 5.69 Å². The fourth-order valence-corrected chi connectivity index (χ4v) is 2.59. The smallest absolute Gasteiger partial charge is 0.282 e. The molecule has 2 aromatic heterocycles. The molecule has 8 heteroatoms. The summed E-state index contributed by atoms with van der Waals surface area (Å²) in [4.78, 5) is 3.88. The topological polar surface area (TPSA) is 88.9 Å².